The molecule has 5 nitrogen and oxygen atoms in total. The quantitative estimate of drug-likeness (QED) is 0.756. The Kier molecular flexibility index (Phi) is 6.94. The van der Waals surface area contributed by atoms with Gasteiger partial charge in [-0.15, -0.1) is 0 Å². The van der Waals surface area contributed by atoms with Gasteiger partial charge in [-0.05, 0) is 32.9 Å². The maximum Gasteiger partial charge on any atom is 0.220 e. The number of aliphatic hydroxyl groups excluding tert-OH is 1. The van der Waals surface area contributed by atoms with Crippen molar-refractivity contribution in [2.45, 2.75) is 39.2 Å². The van der Waals surface area contributed by atoms with E-state index in [1.165, 1.54) is 0 Å². The molecule has 0 aromatic carbocycles. The van der Waals surface area contributed by atoms with Crippen LogP contribution >= 0.6 is 11.8 Å². The van der Waals surface area contributed by atoms with Gasteiger partial charge >= 0.3 is 0 Å². The average Bonchev–Trinajstić information content (AvgIpc) is 2.67. The molecule has 1 unspecified atom stereocenters. The summed E-state index contributed by atoms with van der Waals surface area (Å²) in [6.07, 6.45) is 3.63. The van der Waals surface area contributed by atoms with Crippen molar-refractivity contribution in [1.82, 2.24) is 10.5 Å². The summed E-state index contributed by atoms with van der Waals surface area (Å²) in [4.78, 5) is 11.9. The molecule has 6 heteroatoms. The van der Waals surface area contributed by atoms with Crippen molar-refractivity contribution in [2.24, 2.45) is 0 Å². The Bertz CT molecular complexity index is 381. The zero-order valence-electron chi connectivity index (χ0n) is 11.7. The van der Waals surface area contributed by atoms with Crippen LogP contribution in [0.4, 0.5) is 0 Å². The second-order valence-corrected chi connectivity index (χ2v) is 5.45. The van der Waals surface area contributed by atoms with E-state index in [0.717, 1.165) is 22.8 Å². The van der Waals surface area contributed by atoms with Gasteiger partial charge in [0.25, 0.3) is 0 Å². The largest absolute Gasteiger partial charge is 0.396 e. The molecule has 19 heavy (non-hydrogen) atoms. The summed E-state index contributed by atoms with van der Waals surface area (Å²) in [6.45, 7) is 3.83. The molecule has 1 atom stereocenters. The molecule has 0 saturated heterocycles. The number of hydrogen-bond acceptors (Lipinski definition) is 5. The summed E-state index contributed by atoms with van der Waals surface area (Å²) in [5.74, 6) is 1.60. The third-order valence-corrected chi connectivity index (χ3v) is 3.73. The van der Waals surface area contributed by atoms with Gasteiger partial charge < -0.3 is 14.9 Å². The second kappa shape index (κ2) is 8.22. The lowest BCUT2D eigenvalue weighted by atomic mass is 10.1. The smallest absolute Gasteiger partial charge is 0.220 e. The van der Waals surface area contributed by atoms with E-state index in [1.54, 1.807) is 11.8 Å². The van der Waals surface area contributed by atoms with E-state index in [1.807, 2.05) is 20.1 Å². The fourth-order valence-electron chi connectivity index (χ4n) is 1.95. The molecule has 0 saturated carbocycles. The summed E-state index contributed by atoms with van der Waals surface area (Å²) in [5.41, 5.74) is 1.86. The first-order valence-electron chi connectivity index (χ1n) is 6.39. The van der Waals surface area contributed by atoms with E-state index < -0.39 is 0 Å². The summed E-state index contributed by atoms with van der Waals surface area (Å²) >= 11 is 1.66. The maximum absolute atomic E-state index is 11.9. The molecular formula is C13H22N2O3S. The minimum absolute atomic E-state index is 0.00694. The normalized spacial score (nSPS) is 12.4. The Morgan fingerprint density at radius 2 is 2.26 bits per heavy atom. The molecule has 0 aliphatic carbocycles. The van der Waals surface area contributed by atoms with Crippen LogP contribution in [0.3, 0.4) is 0 Å². The highest BCUT2D eigenvalue weighted by molar-refractivity contribution is 7.98. The van der Waals surface area contributed by atoms with Gasteiger partial charge in [0.05, 0.1) is 5.69 Å². The van der Waals surface area contributed by atoms with Gasteiger partial charge in [-0.2, -0.15) is 11.8 Å². The first kappa shape index (κ1) is 16.0. The Hall–Kier alpha value is -1.01. The lowest BCUT2D eigenvalue weighted by molar-refractivity contribution is -0.121. The van der Waals surface area contributed by atoms with Crippen LogP contribution in [0.1, 0.15) is 29.9 Å². The number of hydrogen-bond donors (Lipinski definition) is 2. The van der Waals surface area contributed by atoms with Crippen molar-refractivity contribution in [3.05, 3.63) is 17.0 Å². The second-order valence-electron chi connectivity index (χ2n) is 4.53. The number of carbonyl (C=O) groups is 1. The topological polar surface area (TPSA) is 75.4 Å². The lowest BCUT2D eigenvalue weighted by Crippen LogP contribution is -2.37. The molecule has 1 aromatic heterocycles. The molecule has 0 fully saturated rings. The van der Waals surface area contributed by atoms with Crippen LogP contribution in [0.2, 0.25) is 0 Å². The van der Waals surface area contributed by atoms with Gasteiger partial charge in [-0.25, -0.2) is 0 Å². The standard InChI is InChI=1S/C13H22N2O3S/c1-9-12(10(2)18-15-9)4-5-13(17)14-11(6-7-16)8-19-3/h11,16H,4-8H2,1-3H3,(H,14,17). The molecule has 1 amide bonds. The van der Waals surface area contributed by atoms with E-state index in [0.29, 0.717) is 19.3 Å². The zero-order valence-corrected chi connectivity index (χ0v) is 12.5. The highest BCUT2D eigenvalue weighted by Crippen LogP contribution is 2.14. The SMILES string of the molecule is CSCC(CCO)NC(=O)CCc1c(C)noc1C. The van der Waals surface area contributed by atoms with Crippen LogP contribution in [-0.4, -0.2) is 40.8 Å². The van der Waals surface area contributed by atoms with E-state index in [2.05, 4.69) is 10.5 Å². The number of aromatic nitrogens is 1. The minimum Gasteiger partial charge on any atom is -0.396 e. The van der Waals surface area contributed by atoms with Gasteiger partial charge in [-0.3, -0.25) is 4.79 Å². The zero-order chi connectivity index (χ0) is 14.3. The van der Waals surface area contributed by atoms with Gasteiger partial charge in [0, 0.05) is 30.4 Å². The number of nitrogens with one attached hydrogen (secondary N) is 1. The number of rotatable bonds is 8. The predicted octanol–water partition coefficient (Wildman–Crippen LogP) is 1.45. The van der Waals surface area contributed by atoms with Crippen molar-refractivity contribution in [1.29, 1.82) is 0 Å². The monoisotopic (exact) mass is 286 g/mol. The van der Waals surface area contributed by atoms with Crippen LogP contribution in [0.5, 0.6) is 0 Å². The number of nitrogens with zero attached hydrogens (tertiary/aromatic N) is 1. The molecule has 0 radical (unpaired) electrons. The molecule has 1 rings (SSSR count). The van der Waals surface area contributed by atoms with Gasteiger partial charge in [-0.1, -0.05) is 5.16 Å². The van der Waals surface area contributed by atoms with Crippen molar-refractivity contribution < 1.29 is 14.4 Å². The summed E-state index contributed by atoms with van der Waals surface area (Å²) in [7, 11) is 0. The van der Waals surface area contributed by atoms with Crippen LogP contribution < -0.4 is 5.32 Å². The number of thioether (sulfide) groups is 1. The number of aryl methyl sites for hydroxylation is 2. The highest BCUT2D eigenvalue weighted by Gasteiger charge is 2.14. The Labute approximate surface area is 118 Å². The Morgan fingerprint density at radius 3 is 2.79 bits per heavy atom. The summed E-state index contributed by atoms with van der Waals surface area (Å²) < 4.78 is 5.07. The first-order valence-corrected chi connectivity index (χ1v) is 7.78. The van der Waals surface area contributed by atoms with Gasteiger partial charge in [0.2, 0.25) is 5.91 Å². The van der Waals surface area contributed by atoms with E-state index in [-0.39, 0.29) is 18.6 Å². The summed E-state index contributed by atoms with van der Waals surface area (Å²) in [5, 5.41) is 15.8. The third kappa shape index (κ3) is 5.24. The van der Waals surface area contributed by atoms with Gasteiger partial charge in [0.15, 0.2) is 0 Å². The van der Waals surface area contributed by atoms with Crippen LogP contribution in [0, 0.1) is 13.8 Å². The fraction of sp³-hybridized carbons (Fsp3) is 0.692. The highest BCUT2D eigenvalue weighted by atomic mass is 32.2. The molecular weight excluding hydrogens is 264 g/mol. The molecule has 0 aliphatic heterocycles. The Morgan fingerprint density at radius 1 is 1.53 bits per heavy atom. The lowest BCUT2D eigenvalue weighted by Gasteiger charge is -2.16. The van der Waals surface area contributed by atoms with Crippen molar-refractivity contribution in [3.8, 4) is 0 Å². The molecule has 2 N–H and O–H groups in total. The average molecular weight is 286 g/mol. The molecule has 0 aliphatic rings. The fourth-order valence-corrected chi connectivity index (χ4v) is 2.60. The third-order valence-electron chi connectivity index (χ3n) is 2.99. The predicted molar refractivity (Wildman–Crippen MR) is 76.3 cm³/mol. The molecule has 1 heterocycles. The van der Waals surface area contributed by atoms with Crippen LogP contribution in [0.15, 0.2) is 4.52 Å². The first-order chi connectivity index (χ1) is 9.08. The van der Waals surface area contributed by atoms with Crippen LogP contribution in [0.25, 0.3) is 0 Å². The van der Waals surface area contributed by atoms with E-state index in [9.17, 15) is 4.79 Å². The van der Waals surface area contributed by atoms with Crippen molar-refractivity contribution in [3.63, 3.8) is 0 Å². The molecule has 0 bridgehead atoms. The van der Waals surface area contributed by atoms with Crippen LogP contribution in [-0.2, 0) is 11.2 Å². The molecule has 0 spiro atoms. The number of aliphatic hydroxyl groups is 1. The molecule has 1 aromatic rings. The van der Waals surface area contributed by atoms with Gasteiger partial charge in [0.1, 0.15) is 5.76 Å². The number of carbonyl (C=O) groups excluding carboxylic acids is 1. The Balaban J connectivity index is 2.42. The van der Waals surface area contributed by atoms with E-state index in [4.69, 9.17) is 9.63 Å². The maximum atomic E-state index is 11.9. The summed E-state index contributed by atoms with van der Waals surface area (Å²) in [6, 6.07) is 0.0390. The van der Waals surface area contributed by atoms with Crippen molar-refractivity contribution >= 4 is 17.7 Å². The van der Waals surface area contributed by atoms with Crippen molar-refractivity contribution in [2.75, 3.05) is 18.6 Å². The van der Waals surface area contributed by atoms with E-state index >= 15 is 0 Å². The number of amides is 1. The molecule has 108 valence electrons. The minimum atomic E-state index is 0.00694.